The third-order valence-electron chi connectivity index (χ3n) is 16.8. The summed E-state index contributed by atoms with van der Waals surface area (Å²) < 4.78 is 137. The fraction of sp³-hybridized carbons (Fsp3) is 0.397. The number of nitrogens with one attached hydrogen (secondary N) is 12. The highest BCUT2D eigenvalue weighted by Gasteiger charge is 2.22. The minimum Gasteiger partial charge on any atom is -0.497 e. The molecule has 1 aromatic heterocycles. The fourth-order valence-corrected chi connectivity index (χ4v) is 15.9. The molecule has 6 aliphatic rings. The van der Waals surface area contributed by atoms with Gasteiger partial charge < -0.3 is 68.5 Å². The van der Waals surface area contributed by atoms with E-state index in [0.717, 1.165) is 142 Å². The van der Waals surface area contributed by atoms with Crippen molar-refractivity contribution >= 4 is 130 Å². The van der Waals surface area contributed by atoms with E-state index < -0.39 is 55.0 Å². The van der Waals surface area contributed by atoms with Crippen LogP contribution < -0.4 is 68.5 Å². The van der Waals surface area contributed by atoms with E-state index in [1.54, 1.807) is 81.0 Å². The van der Waals surface area contributed by atoms with Crippen LogP contribution in [0.3, 0.4) is 0 Å². The minimum atomic E-state index is -3.39. The van der Waals surface area contributed by atoms with E-state index in [0.29, 0.717) is 89.1 Å². The molecule has 0 spiro atoms. The third-order valence-corrected chi connectivity index (χ3v) is 23.4. The summed E-state index contributed by atoms with van der Waals surface area (Å²) >= 11 is 5.88. The monoisotopic (exact) mass is 1660 g/mol. The molecule has 12 N–H and O–H groups in total. The summed E-state index contributed by atoms with van der Waals surface area (Å²) in [6.07, 6.45) is 6.28. The largest absolute Gasteiger partial charge is 0.497 e. The lowest BCUT2D eigenvalue weighted by Gasteiger charge is -2.14. The molecule has 0 radical (unpaired) electrons. The van der Waals surface area contributed by atoms with Crippen molar-refractivity contribution in [2.24, 2.45) is 30.0 Å². The van der Waals surface area contributed by atoms with E-state index in [2.05, 4.69) is 130 Å². The first-order chi connectivity index (χ1) is 53.3. The van der Waals surface area contributed by atoms with Gasteiger partial charge in [0.05, 0.1) is 144 Å². The van der Waals surface area contributed by atoms with Gasteiger partial charge in [-0.25, -0.2) is 56.1 Å². The standard InChI is InChI=1S/C15H20N6.C12H17N3O3S.2C12H17N3O2S.C11H14ClN3O2S.C11H14FN3O2S/c1-11(2)21-15(19-10-20-21)12-5-3-4-6-13(12)18-9-14-16-7-8-17-14;1-18-9-3-4-11(19(2,16)17)10(7-9)15-8-12-13-5-6-14-12;1-9-3-4-11(18(2,16)17)10(7-9)15-8-12-13-5-6-14-12;1-2-18(16,17)11-6-4-3-5-10(11)15-9-12-13-7-8-14-12;2*1-18(16,17)10-3-2-8(12)6-9(10)15-7-11-13-4-5-14-11/h3-6,10-11,18H,7-9H2,1-2H3,(H,16,17);3-4,7,15H,5-6,8H2,1-2H3,(H,13,14);3-4,7,15H,5-6,8H2,1-2H3,(H,13,14);3-6,15H,2,7-9H2,1H3,(H,13,14);2*2-3,6,15H,4-5,7H2,1H3,(H,13,14). The van der Waals surface area contributed by atoms with Crippen LogP contribution in [-0.2, 0) is 49.2 Å². The lowest BCUT2D eigenvalue weighted by Crippen LogP contribution is -2.26. The lowest BCUT2D eigenvalue weighted by molar-refractivity contribution is 0.414. The molecule has 0 saturated carbocycles. The molecule has 6 aromatic carbocycles. The summed E-state index contributed by atoms with van der Waals surface area (Å²) in [5.74, 6) is 6.28. The van der Waals surface area contributed by atoms with Gasteiger partial charge in [-0.15, -0.1) is 0 Å². The molecule has 39 heteroatoms. The summed E-state index contributed by atoms with van der Waals surface area (Å²) in [5.41, 5.74) is 5.68. The maximum atomic E-state index is 13.2. The first kappa shape index (κ1) is 87.4. The van der Waals surface area contributed by atoms with Crippen LogP contribution in [-0.4, -0.2) is 248 Å². The fourth-order valence-electron chi connectivity index (χ4n) is 11.3. The van der Waals surface area contributed by atoms with E-state index in [1.807, 2.05) is 35.9 Å². The first-order valence-corrected chi connectivity index (χ1v) is 45.4. The second-order valence-electron chi connectivity index (χ2n) is 26.0. The third kappa shape index (κ3) is 27.4. The van der Waals surface area contributed by atoms with Crippen molar-refractivity contribution in [2.45, 2.75) is 58.2 Å². The smallest absolute Gasteiger partial charge is 0.180 e. The number of anilines is 6. The molecule has 6 aliphatic heterocycles. The molecule has 0 amide bonds. The van der Waals surface area contributed by atoms with E-state index in [1.165, 1.54) is 37.0 Å². The zero-order chi connectivity index (χ0) is 81.1. The number of methoxy groups -OCH3 is 1. The summed E-state index contributed by atoms with van der Waals surface area (Å²) in [6.45, 7) is 20.5. The summed E-state index contributed by atoms with van der Waals surface area (Å²) in [4.78, 5) is 31.2. The van der Waals surface area contributed by atoms with Gasteiger partial charge in [0.15, 0.2) is 55.0 Å². The van der Waals surface area contributed by atoms with Crippen molar-refractivity contribution in [1.29, 1.82) is 0 Å². The van der Waals surface area contributed by atoms with Crippen molar-refractivity contribution in [3.8, 4) is 17.1 Å². The predicted molar refractivity (Wildman–Crippen MR) is 447 cm³/mol. The SMILES string of the molecule is CC(C)n1ncnc1-c1ccccc1NCC1=NCCN1.CCS(=O)(=O)c1ccccc1NCC1=NCCN1.COc1ccc(S(C)(=O)=O)c(NCC2=NCCN2)c1.CS(=O)(=O)c1ccc(Cl)cc1NCC1=NCCN1.CS(=O)(=O)c1ccc(F)cc1NCC1=NCCN1.Cc1ccc(S(C)(=O)=O)c(NCC2=NCCN2)c1. The first-order valence-electron chi connectivity index (χ1n) is 35.8. The molecular weight excluding hydrogens is 1560 g/mol. The number of aryl methyl sites for hydroxylation is 1. The molecule has 7 aromatic rings. The van der Waals surface area contributed by atoms with Gasteiger partial charge in [-0.05, 0) is 111 Å². The van der Waals surface area contributed by atoms with Gasteiger partial charge in [0.1, 0.15) is 52.9 Å². The number of ether oxygens (including phenoxy) is 1. The van der Waals surface area contributed by atoms with Crippen LogP contribution in [0.5, 0.6) is 5.75 Å². The average molecular weight is 1660 g/mol. The van der Waals surface area contributed by atoms with Crippen LogP contribution in [0.2, 0.25) is 5.02 Å². The van der Waals surface area contributed by atoms with E-state index >= 15 is 0 Å². The van der Waals surface area contributed by atoms with Crippen LogP contribution in [0.25, 0.3) is 11.4 Å². The average Bonchev–Trinajstić information content (AvgIpc) is 1.78. The molecule has 112 heavy (non-hydrogen) atoms. The van der Waals surface area contributed by atoms with E-state index in [9.17, 15) is 46.5 Å². The Labute approximate surface area is 660 Å². The Balaban J connectivity index is 0.000000169. The van der Waals surface area contributed by atoms with E-state index in [-0.39, 0.29) is 32.2 Å². The number of halogens is 2. The Morgan fingerprint density at radius 2 is 0.804 bits per heavy atom. The van der Waals surface area contributed by atoms with Crippen molar-refractivity contribution in [2.75, 3.05) is 188 Å². The Morgan fingerprint density at radius 1 is 0.446 bits per heavy atom. The molecule has 32 nitrogen and oxygen atoms in total. The number of benzene rings is 6. The van der Waals surface area contributed by atoms with Crippen LogP contribution in [0.1, 0.15) is 32.4 Å². The number of nitrogens with zero attached hydrogens (tertiary/aromatic N) is 9. The quantitative estimate of drug-likeness (QED) is 0.0264. The molecular formula is C73H99ClFN21O11S5. The molecule has 7 heterocycles. The highest BCUT2D eigenvalue weighted by Crippen LogP contribution is 2.31. The number of aromatic nitrogens is 3. The van der Waals surface area contributed by atoms with Gasteiger partial charge in [0.25, 0.3) is 0 Å². The maximum Gasteiger partial charge on any atom is 0.180 e. The Hall–Kier alpha value is -10.2. The zero-order valence-corrected chi connectivity index (χ0v) is 68.8. The normalized spacial score (nSPS) is 14.9. The number of aliphatic imine (C=N–C) groups is 6. The molecule has 0 unspecified atom stereocenters. The van der Waals surface area contributed by atoms with Gasteiger partial charge in [-0.1, -0.05) is 48.9 Å². The minimum absolute atomic E-state index is 0.0856. The highest BCUT2D eigenvalue weighted by molar-refractivity contribution is 7.92. The number of para-hydroxylation sites is 2. The van der Waals surface area contributed by atoms with Crippen LogP contribution >= 0.6 is 11.6 Å². The second-order valence-corrected chi connectivity index (χ2v) is 36.6. The van der Waals surface area contributed by atoms with Crippen molar-refractivity contribution in [1.82, 2.24) is 46.7 Å². The predicted octanol–water partition coefficient (Wildman–Crippen LogP) is 5.96. The van der Waals surface area contributed by atoms with Gasteiger partial charge in [0, 0.05) is 92.7 Å². The Morgan fingerprint density at radius 3 is 1.21 bits per heavy atom. The van der Waals surface area contributed by atoms with Gasteiger partial charge in [-0.2, -0.15) is 5.10 Å². The summed E-state index contributed by atoms with van der Waals surface area (Å²) in [7, 11) is -14.8. The lowest BCUT2D eigenvalue weighted by atomic mass is 10.1. The Bertz CT molecular complexity index is 4950. The Kier molecular flexibility index (Phi) is 32.3. The molecule has 13 rings (SSSR count). The number of hydrogen-bond donors (Lipinski definition) is 12. The van der Waals surface area contributed by atoms with Gasteiger partial charge >= 0.3 is 0 Å². The van der Waals surface area contributed by atoms with Crippen LogP contribution in [0, 0.1) is 12.7 Å². The number of sulfone groups is 5. The zero-order valence-electron chi connectivity index (χ0n) is 63.9. The topological polar surface area (TPSA) is 429 Å². The molecule has 606 valence electrons. The van der Waals surface area contributed by atoms with Crippen molar-refractivity contribution in [3.05, 3.63) is 144 Å². The second kappa shape index (κ2) is 41.4. The maximum absolute atomic E-state index is 13.2. The number of rotatable bonds is 27. The van der Waals surface area contributed by atoms with Crippen molar-refractivity contribution in [3.63, 3.8) is 0 Å². The highest BCUT2D eigenvalue weighted by atomic mass is 35.5. The summed E-state index contributed by atoms with van der Waals surface area (Å²) in [5, 5.41) is 42.3. The van der Waals surface area contributed by atoms with Gasteiger partial charge in [0.2, 0.25) is 0 Å². The molecule has 0 aliphatic carbocycles. The summed E-state index contributed by atoms with van der Waals surface area (Å²) in [6, 6.07) is 33.8. The van der Waals surface area contributed by atoms with Crippen LogP contribution in [0.15, 0.2) is 182 Å². The molecule has 0 fully saturated rings. The molecule has 0 bridgehead atoms. The van der Waals surface area contributed by atoms with E-state index in [4.69, 9.17) is 16.3 Å². The van der Waals surface area contributed by atoms with Gasteiger partial charge in [-0.3, -0.25) is 30.0 Å². The molecule has 0 atom stereocenters. The number of hydrogen-bond acceptors (Lipinski definition) is 31. The van der Waals surface area contributed by atoms with Crippen molar-refractivity contribution < 1.29 is 51.2 Å². The van der Waals surface area contributed by atoms with Crippen LogP contribution in [0.4, 0.5) is 38.5 Å². The number of amidine groups is 6. The molecule has 0 saturated heterocycles.